The third kappa shape index (κ3) is 5.08. The molecule has 0 saturated carbocycles. The fourth-order valence-corrected chi connectivity index (χ4v) is 3.95. The lowest BCUT2D eigenvalue weighted by Crippen LogP contribution is -2.14. The van der Waals surface area contributed by atoms with Gasteiger partial charge in [-0.2, -0.15) is 0 Å². The molecule has 1 atom stereocenters. The number of carboxylic acid groups (broad SMARTS) is 1. The molecule has 0 aliphatic rings. The summed E-state index contributed by atoms with van der Waals surface area (Å²) < 4.78 is 6.40. The second kappa shape index (κ2) is 10.3. The predicted octanol–water partition coefficient (Wildman–Crippen LogP) is 7.04. The molecule has 0 fully saturated rings. The third-order valence-electron chi connectivity index (χ3n) is 5.71. The molecule has 3 aromatic rings. The lowest BCUT2D eigenvalue weighted by Gasteiger charge is -2.20. The Morgan fingerprint density at radius 2 is 1.94 bits per heavy atom. The van der Waals surface area contributed by atoms with Gasteiger partial charge < -0.3 is 14.8 Å². The number of anilines is 1. The van der Waals surface area contributed by atoms with E-state index in [1.807, 2.05) is 45.1 Å². The van der Waals surface area contributed by atoms with Crippen LogP contribution in [0, 0.1) is 13.8 Å². The minimum Gasteiger partial charge on any atom is -0.478 e. The van der Waals surface area contributed by atoms with Gasteiger partial charge in [-0.15, -0.1) is 0 Å². The smallest absolute Gasteiger partial charge is 0.337 e. The maximum absolute atomic E-state index is 13.3. The SMILES string of the molecule is C/C=C(\C=C/CCC)c1oc2c(C(C)Nc3ccccc3C(=O)O)cc(C)cc2c(=O)c1C. The van der Waals surface area contributed by atoms with Crippen LogP contribution < -0.4 is 10.7 Å². The van der Waals surface area contributed by atoms with Crippen molar-refractivity contribution < 1.29 is 14.3 Å². The molecule has 0 radical (unpaired) electrons. The molecule has 0 spiro atoms. The molecular weight excluding hydrogens is 414 g/mol. The molecule has 0 amide bonds. The topological polar surface area (TPSA) is 79.5 Å². The summed E-state index contributed by atoms with van der Waals surface area (Å²) in [4.78, 5) is 25.0. The highest BCUT2D eigenvalue weighted by Crippen LogP contribution is 2.31. The number of rotatable bonds is 8. The zero-order chi connectivity index (χ0) is 24.1. The van der Waals surface area contributed by atoms with Crippen LogP contribution in [0.2, 0.25) is 0 Å². The summed E-state index contributed by atoms with van der Waals surface area (Å²) in [5, 5.41) is 13.4. The van der Waals surface area contributed by atoms with Gasteiger partial charge in [0.05, 0.1) is 17.0 Å². The first-order valence-electron chi connectivity index (χ1n) is 11.3. The second-order valence-corrected chi connectivity index (χ2v) is 8.27. The van der Waals surface area contributed by atoms with E-state index in [2.05, 4.69) is 18.3 Å². The van der Waals surface area contributed by atoms with E-state index in [1.54, 1.807) is 31.2 Å². The number of hydrogen-bond acceptors (Lipinski definition) is 4. The number of aryl methyl sites for hydroxylation is 1. The Bertz CT molecular complexity index is 1300. The molecule has 2 aromatic carbocycles. The minimum absolute atomic E-state index is 0.0578. The Labute approximate surface area is 194 Å². The Morgan fingerprint density at radius 3 is 2.61 bits per heavy atom. The highest BCUT2D eigenvalue weighted by atomic mass is 16.4. The van der Waals surface area contributed by atoms with E-state index in [0.29, 0.717) is 28.0 Å². The van der Waals surface area contributed by atoms with Crippen molar-refractivity contribution in [1.29, 1.82) is 0 Å². The van der Waals surface area contributed by atoms with Crippen LogP contribution in [0.25, 0.3) is 16.5 Å². The predicted molar refractivity (Wildman–Crippen MR) is 135 cm³/mol. The minimum atomic E-state index is -1.000. The molecule has 0 bridgehead atoms. The number of fused-ring (bicyclic) bond motifs is 1. The number of unbranched alkanes of at least 4 members (excludes halogenated alkanes) is 1. The quantitative estimate of drug-likeness (QED) is 0.364. The Morgan fingerprint density at radius 1 is 1.21 bits per heavy atom. The summed E-state index contributed by atoms with van der Waals surface area (Å²) in [6.45, 7) is 9.72. The normalized spacial score (nSPS) is 12.9. The first-order valence-corrected chi connectivity index (χ1v) is 11.3. The van der Waals surface area contributed by atoms with Crippen molar-refractivity contribution in [2.45, 2.75) is 53.5 Å². The number of nitrogens with one attached hydrogen (secondary N) is 1. The Balaban J connectivity index is 2.17. The largest absolute Gasteiger partial charge is 0.478 e. The van der Waals surface area contributed by atoms with Crippen LogP contribution in [0.4, 0.5) is 5.69 Å². The van der Waals surface area contributed by atoms with Crippen LogP contribution in [-0.2, 0) is 0 Å². The number of allylic oxidation sites excluding steroid dienone is 4. The molecule has 0 saturated heterocycles. The van der Waals surface area contributed by atoms with Gasteiger partial charge in [0.15, 0.2) is 5.43 Å². The third-order valence-corrected chi connectivity index (χ3v) is 5.71. The van der Waals surface area contributed by atoms with Gasteiger partial charge in [0.25, 0.3) is 0 Å². The average Bonchev–Trinajstić information content (AvgIpc) is 2.79. The Hall–Kier alpha value is -3.60. The van der Waals surface area contributed by atoms with Crippen molar-refractivity contribution in [1.82, 2.24) is 0 Å². The fraction of sp³-hybridized carbons (Fsp3) is 0.286. The summed E-state index contributed by atoms with van der Waals surface area (Å²) in [7, 11) is 0. The van der Waals surface area contributed by atoms with Crippen LogP contribution in [0.15, 0.2) is 63.8 Å². The highest BCUT2D eigenvalue weighted by Gasteiger charge is 2.20. The molecule has 2 N–H and O–H groups in total. The standard InChI is InChI=1S/C28H31NO4/c1-6-8-9-12-20(7-2)26-18(4)25(30)23-16-17(3)15-22(27(23)33-26)19(5)29-24-14-11-10-13-21(24)28(31)32/h7,9-16,19,29H,6,8H2,1-5H3,(H,31,32)/b12-9-,20-7+. The monoisotopic (exact) mass is 445 g/mol. The number of aromatic carboxylic acids is 1. The first kappa shape index (κ1) is 24.1. The van der Waals surface area contributed by atoms with Crippen molar-refractivity contribution in [3.63, 3.8) is 0 Å². The second-order valence-electron chi connectivity index (χ2n) is 8.27. The number of carbonyl (C=O) groups is 1. The number of hydrogen-bond donors (Lipinski definition) is 2. The molecule has 33 heavy (non-hydrogen) atoms. The number of carboxylic acids is 1. The van der Waals surface area contributed by atoms with Gasteiger partial charge in [0.1, 0.15) is 11.3 Å². The van der Waals surface area contributed by atoms with Crippen LogP contribution in [0.3, 0.4) is 0 Å². The van der Waals surface area contributed by atoms with E-state index < -0.39 is 5.97 Å². The van der Waals surface area contributed by atoms with E-state index in [9.17, 15) is 14.7 Å². The van der Waals surface area contributed by atoms with Crippen LogP contribution >= 0.6 is 0 Å². The fourth-order valence-electron chi connectivity index (χ4n) is 3.95. The Kier molecular flexibility index (Phi) is 7.54. The van der Waals surface area contributed by atoms with Gasteiger partial charge in [-0.3, -0.25) is 4.79 Å². The highest BCUT2D eigenvalue weighted by molar-refractivity contribution is 5.94. The summed E-state index contributed by atoms with van der Waals surface area (Å²) in [5.41, 5.74) is 4.34. The van der Waals surface area contributed by atoms with Gasteiger partial charge in [0.2, 0.25) is 0 Å². The van der Waals surface area contributed by atoms with Crippen molar-refractivity contribution >= 4 is 28.2 Å². The van der Waals surface area contributed by atoms with Crippen molar-refractivity contribution in [3.8, 4) is 0 Å². The van der Waals surface area contributed by atoms with Gasteiger partial charge in [0, 0.05) is 22.4 Å². The maximum Gasteiger partial charge on any atom is 0.337 e. The van der Waals surface area contributed by atoms with Crippen LogP contribution in [-0.4, -0.2) is 11.1 Å². The molecular formula is C28H31NO4. The van der Waals surface area contributed by atoms with Crippen molar-refractivity contribution in [3.05, 3.63) is 92.9 Å². The molecule has 0 aliphatic carbocycles. The molecule has 3 rings (SSSR count). The van der Waals surface area contributed by atoms with Gasteiger partial charge in [-0.05, 0) is 57.9 Å². The summed E-state index contributed by atoms with van der Waals surface area (Å²) >= 11 is 0. The van der Waals surface area contributed by atoms with Crippen LogP contribution in [0.1, 0.15) is 72.5 Å². The van der Waals surface area contributed by atoms with E-state index in [1.165, 1.54) is 0 Å². The van der Waals surface area contributed by atoms with Crippen molar-refractivity contribution in [2.75, 3.05) is 5.32 Å². The molecule has 172 valence electrons. The molecule has 1 heterocycles. The molecule has 5 heteroatoms. The number of benzene rings is 2. The zero-order valence-electron chi connectivity index (χ0n) is 19.9. The van der Waals surface area contributed by atoms with Gasteiger partial charge in [-0.1, -0.05) is 49.8 Å². The summed E-state index contributed by atoms with van der Waals surface area (Å²) in [6, 6.07) is 10.3. The number of para-hydroxylation sites is 1. The van der Waals surface area contributed by atoms with Crippen molar-refractivity contribution in [2.24, 2.45) is 0 Å². The molecule has 5 nitrogen and oxygen atoms in total. The van der Waals surface area contributed by atoms with E-state index >= 15 is 0 Å². The molecule has 1 aromatic heterocycles. The van der Waals surface area contributed by atoms with E-state index in [-0.39, 0.29) is 17.0 Å². The van der Waals surface area contributed by atoms with Gasteiger partial charge >= 0.3 is 5.97 Å². The van der Waals surface area contributed by atoms with Crippen LogP contribution in [0.5, 0.6) is 0 Å². The summed E-state index contributed by atoms with van der Waals surface area (Å²) in [5.74, 6) is -0.439. The average molecular weight is 446 g/mol. The molecule has 0 aliphatic heterocycles. The zero-order valence-corrected chi connectivity index (χ0v) is 19.9. The lowest BCUT2D eigenvalue weighted by molar-refractivity contribution is 0.0698. The van der Waals surface area contributed by atoms with Gasteiger partial charge in [-0.25, -0.2) is 4.79 Å². The first-order chi connectivity index (χ1) is 15.8. The van der Waals surface area contributed by atoms with E-state index in [4.69, 9.17) is 4.42 Å². The lowest BCUT2D eigenvalue weighted by atomic mass is 9.98. The van der Waals surface area contributed by atoms with E-state index in [0.717, 1.165) is 29.5 Å². The molecule has 1 unspecified atom stereocenters. The maximum atomic E-state index is 13.3. The summed E-state index contributed by atoms with van der Waals surface area (Å²) in [6.07, 6.45) is 8.02.